The fraction of sp³-hybridized carbons (Fsp3) is 0.333. The van der Waals surface area contributed by atoms with Crippen molar-refractivity contribution in [2.24, 2.45) is 5.92 Å². The summed E-state index contributed by atoms with van der Waals surface area (Å²) in [4.78, 5) is 25.9. The van der Waals surface area contributed by atoms with Crippen molar-refractivity contribution in [1.29, 1.82) is 0 Å². The molecule has 0 saturated carbocycles. The Morgan fingerprint density at radius 2 is 1.45 bits per heavy atom. The van der Waals surface area contributed by atoms with Crippen molar-refractivity contribution in [2.45, 2.75) is 65.2 Å². The van der Waals surface area contributed by atoms with E-state index in [1.807, 2.05) is 72.8 Å². The summed E-state index contributed by atoms with van der Waals surface area (Å²) in [5.74, 6) is -1.63. The van der Waals surface area contributed by atoms with E-state index in [1.165, 1.54) is 11.6 Å². The maximum absolute atomic E-state index is 13.3. The fourth-order valence-corrected chi connectivity index (χ4v) is 4.33. The molecule has 0 aliphatic carbocycles. The Hall–Kier alpha value is -4.16. The SMILES string of the molecule is CC(C)(C)OC(=O)C[C@@H](/C=C/C=C(\O)c1ccc(-c2ccccc2)cc1)C(=O)NC(C)(C)OCCCc1ccccc1. The summed E-state index contributed by atoms with van der Waals surface area (Å²) in [5, 5.41) is 13.6. The van der Waals surface area contributed by atoms with Crippen LogP contribution in [0.5, 0.6) is 0 Å². The highest BCUT2D eigenvalue weighted by atomic mass is 16.6. The lowest BCUT2D eigenvalue weighted by molar-refractivity contribution is -0.157. The molecule has 3 rings (SSSR count). The van der Waals surface area contributed by atoms with Crippen LogP contribution in [0.4, 0.5) is 0 Å². The van der Waals surface area contributed by atoms with Gasteiger partial charge in [-0.25, -0.2) is 0 Å². The molecule has 0 unspecified atom stereocenters. The zero-order valence-corrected chi connectivity index (χ0v) is 25.3. The van der Waals surface area contributed by atoms with Crippen LogP contribution < -0.4 is 5.32 Å². The average molecular weight is 570 g/mol. The number of benzene rings is 3. The molecule has 0 fully saturated rings. The Labute approximate surface area is 250 Å². The first kappa shape index (κ1) is 32.4. The van der Waals surface area contributed by atoms with Crippen molar-refractivity contribution < 1.29 is 24.2 Å². The van der Waals surface area contributed by atoms with Gasteiger partial charge in [-0.1, -0.05) is 97.1 Å². The van der Waals surface area contributed by atoms with Gasteiger partial charge in [0.2, 0.25) is 5.91 Å². The molecule has 6 nitrogen and oxygen atoms in total. The van der Waals surface area contributed by atoms with Crippen LogP contribution >= 0.6 is 0 Å². The molecule has 0 aliphatic rings. The van der Waals surface area contributed by atoms with E-state index in [-0.39, 0.29) is 18.1 Å². The lowest BCUT2D eigenvalue weighted by Gasteiger charge is -2.28. The van der Waals surface area contributed by atoms with Gasteiger partial charge in [0, 0.05) is 12.2 Å². The second-order valence-corrected chi connectivity index (χ2v) is 11.7. The van der Waals surface area contributed by atoms with Crippen molar-refractivity contribution in [3.05, 3.63) is 114 Å². The second kappa shape index (κ2) is 15.2. The maximum atomic E-state index is 13.3. The van der Waals surface area contributed by atoms with Crippen LogP contribution in [0.15, 0.2) is 103 Å². The fourth-order valence-electron chi connectivity index (χ4n) is 4.33. The number of carbonyl (C=O) groups excluding carboxylic acids is 2. The highest BCUT2D eigenvalue weighted by Crippen LogP contribution is 2.22. The lowest BCUT2D eigenvalue weighted by atomic mass is 10.0. The Morgan fingerprint density at radius 3 is 2.07 bits per heavy atom. The van der Waals surface area contributed by atoms with Crippen LogP contribution in [-0.4, -0.2) is 34.9 Å². The van der Waals surface area contributed by atoms with Gasteiger partial charge in [-0.2, -0.15) is 0 Å². The Balaban J connectivity index is 1.65. The van der Waals surface area contributed by atoms with E-state index in [0.29, 0.717) is 12.2 Å². The van der Waals surface area contributed by atoms with E-state index >= 15 is 0 Å². The standard InChI is InChI=1S/C36H43NO5/c1-35(2,3)42-33(39)26-31(34(40)37-36(4,5)41-25-13-16-27-14-8-6-9-15-27)19-12-20-32(38)30-23-21-29(22-24-30)28-17-10-7-11-18-28/h6-12,14-15,17-24,31,38H,13,16,25-26H2,1-5H3,(H,37,40)/b19-12+,32-20-/t31-/m1/s1. The molecule has 0 aliphatic heterocycles. The third-order valence-corrected chi connectivity index (χ3v) is 6.37. The molecule has 2 N–H and O–H groups in total. The lowest BCUT2D eigenvalue weighted by Crippen LogP contribution is -2.48. The van der Waals surface area contributed by atoms with Gasteiger partial charge in [0.25, 0.3) is 0 Å². The molecular weight excluding hydrogens is 526 g/mol. The predicted molar refractivity (Wildman–Crippen MR) is 169 cm³/mol. The minimum atomic E-state index is -0.938. The van der Waals surface area contributed by atoms with Gasteiger partial charge in [-0.3, -0.25) is 9.59 Å². The molecule has 3 aromatic carbocycles. The number of allylic oxidation sites excluding steroid dienone is 2. The Bertz CT molecular complexity index is 1340. The molecule has 0 saturated heterocycles. The molecule has 1 atom stereocenters. The molecule has 0 heterocycles. The third kappa shape index (κ3) is 11.4. The summed E-state index contributed by atoms with van der Waals surface area (Å²) in [6.07, 6.45) is 6.23. The molecular formula is C36H43NO5. The number of hydrogen-bond donors (Lipinski definition) is 2. The minimum absolute atomic E-state index is 0.0457. The molecule has 42 heavy (non-hydrogen) atoms. The summed E-state index contributed by atoms with van der Waals surface area (Å²) in [7, 11) is 0. The maximum Gasteiger partial charge on any atom is 0.307 e. The number of amides is 1. The van der Waals surface area contributed by atoms with Gasteiger partial charge in [-0.05, 0) is 70.2 Å². The van der Waals surface area contributed by atoms with E-state index in [9.17, 15) is 14.7 Å². The summed E-state index contributed by atoms with van der Waals surface area (Å²) in [6, 6.07) is 27.7. The third-order valence-electron chi connectivity index (χ3n) is 6.37. The minimum Gasteiger partial charge on any atom is -0.507 e. The van der Waals surface area contributed by atoms with Crippen molar-refractivity contribution in [3.63, 3.8) is 0 Å². The summed E-state index contributed by atoms with van der Waals surface area (Å²) < 4.78 is 11.4. The summed E-state index contributed by atoms with van der Waals surface area (Å²) in [6.45, 7) is 9.39. The van der Waals surface area contributed by atoms with Crippen molar-refractivity contribution in [1.82, 2.24) is 5.32 Å². The number of ether oxygens (including phenoxy) is 2. The highest BCUT2D eigenvalue weighted by Gasteiger charge is 2.28. The van der Waals surface area contributed by atoms with E-state index in [0.717, 1.165) is 24.0 Å². The van der Waals surface area contributed by atoms with E-state index in [2.05, 4.69) is 17.4 Å². The molecule has 222 valence electrons. The Morgan fingerprint density at radius 1 is 0.857 bits per heavy atom. The van der Waals surface area contributed by atoms with E-state index in [1.54, 1.807) is 46.8 Å². The second-order valence-electron chi connectivity index (χ2n) is 11.7. The van der Waals surface area contributed by atoms with Gasteiger partial charge >= 0.3 is 5.97 Å². The number of nitrogens with one attached hydrogen (secondary N) is 1. The molecule has 0 aromatic heterocycles. The number of esters is 1. The van der Waals surface area contributed by atoms with Crippen LogP contribution in [0.3, 0.4) is 0 Å². The quantitative estimate of drug-likeness (QED) is 0.0726. The number of carbonyl (C=O) groups is 2. The number of aryl methyl sites for hydroxylation is 1. The average Bonchev–Trinajstić information content (AvgIpc) is 2.94. The first-order valence-electron chi connectivity index (χ1n) is 14.4. The highest BCUT2D eigenvalue weighted by molar-refractivity contribution is 5.86. The topological polar surface area (TPSA) is 84.9 Å². The van der Waals surface area contributed by atoms with Crippen LogP contribution in [0.1, 0.15) is 58.6 Å². The molecule has 1 amide bonds. The van der Waals surface area contributed by atoms with Crippen molar-refractivity contribution in [2.75, 3.05) is 6.61 Å². The largest absolute Gasteiger partial charge is 0.507 e. The molecule has 3 aromatic rings. The summed E-state index contributed by atoms with van der Waals surface area (Å²) in [5.41, 5.74) is 2.39. The normalized spacial score (nSPS) is 13.1. The van der Waals surface area contributed by atoms with Gasteiger partial charge < -0.3 is 19.9 Å². The number of aliphatic hydroxyl groups is 1. The van der Waals surface area contributed by atoms with Crippen LogP contribution in [0, 0.1) is 5.92 Å². The van der Waals surface area contributed by atoms with Gasteiger partial charge in [0.15, 0.2) is 0 Å². The molecule has 6 heteroatoms. The van der Waals surface area contributed by atoms with Crippen LogP contribution in [0.25, 0.3) is 16.9 Å². The molecule has 0 bridgehead atoms. The zero-order chi connectivity index (χ0) is 30.6. The number of aliphatic hydroxyl groups excluding tert-OH is 1. The smallest absolute Gasteiger partial charge is 0.307 e. The van der Waals surface area contributed by atoms with E-state index in [4.69, 9.17) is 9.47 Å². The number of hydrogen-bond acceptors (Lipinski definition) is 5. The predicted octanol–water partition coefficient (Wildman–Crippen LogP) is 7.66. The first-order chi connectivity index (χ1) is 19.9. The monoisotopic (exact) mass is 569 g/mol. The van der Waals surface area contributed by atoms with Crippen molar-refractivity contribution in [3.8, 4) is 11.1 Å². The van der Waals surface area contributed by atoms with Gasteiger partial charge in [0.05, 0.1) is 12.3 Å². The van der Waals surface area contributed by atoms with Crippen molar-refractivity contribution >= 4 is 17.6 Å². The first-order valence-corrected chi connectivity index (χ1v) is 14.4. The molecule has 0 radical (unpaired) electrons. The Kier molecular flexibility index (Phi) is 11.7. The van der Waals surface area contributed by atoms with Crippen LogP contribution in [0.2, 0.25) is 0 Å². The van der Waals surface area contributed by atoms with Gasteiger partial charge in [-0.15, -0.1) is 0 Å². The zero-order valence-electron chi connectivity index (χ0n) is 25.3. The summed E-state index contributed by atoms with van der Waals surface area (Å²) >= 11 is 0. The van der Waals surface area contributed by atoms with E-state index < -0.39 is 23.2 Å². The number of rotatable bonds is 13. The molecule has 0 spiro atoms. The van der Waals surface area contributed by atoms with Crippen LogP contribution in [-0.2, 0) is 25.5 Å². The van der Waals surface area contributed by atoms with Gasteiger partial charge in [0.1, 0.15) is 17.1 Å².